The molecule has 66 valence electrons. The molecule has 0 aromatic rings. The number of hydrogen-bond donors (Lipinski definition) is 1. The van der Waals surface area contributed by atoms with Crippen molar-refractivity contribution in [1.82, 2.24) is 10.2 Å². The lowest BCUT2D eigenvalue weighted by Gasteiger charge is -2.23. The quantitative estimate of drug-likeness (QED) is 0.655. The summed E-state index contributed by atoms with van der Waals surface area (Å²) in [4.78, 5) is 2.49. The number of hydrogen-bond acceptors (Lipinski definition) is 2. The van der Waals surface area contributed by atoms with E-state index in [0.717, 1.165) is 12.6 Å². The number of nitrogens with one attached hydrogen (secondary N) is 1. The lowest BCUT2D eigenvalue weighted by molar-refractivity contribution is 0.247. The van der Waals surface area contributed by atoms with Gasteiger partial charge in [-0.2, -0.15) is 0 Å². The van der Waals surface area contributed by atoms with Crippen LogP contribution in [0.1, 0.15) is 25.7 Å². The molecule has 0 amide bonds. The number of likely N-dealkylation sites (N-methyl/N-ethyl adjacent to an activating group) is 2. The molecule has 2 heteroatoms. The van der Waals surface area contributed by atoms with E-state index in [9.17, 15) is 0 Å². The van der Waals surface area contributed by atoms with Crippen molar-refractivity contribution in [3.8, 4) is 0 Å². The smallest absolute Gasteiger partial charge is 0.0107 e. The van der Waals surface area contributed by atoms with Gasteiger partial charge in [0, 0.05) is 19.1 Å². The van der Waals surface area contributed by atoms with Gasteiger partial charge < -0.3 is 10.2 Å². The van der Waals surface area contributed by atoms with E-state index < -0.39 is 0 Å². The average molecular weight is 156 g/mol. The largest absolute Gasteiger partial charge is 0.318 e. The van der Waals surface area contributed by atoms with Gasteiger partial charge >= 0.3 is 0 Å². The van der Waals surface area contributed by atoms with Crippen molar-refractivity contribution in [2.24, 2.45) is 0 Å². The molecule has 0 bridgehead atoms. The highest BCUT2D eigenvalue weighted by molar-refractivity contribution is 4.75. The van der Waals surface area contributed by atoms with Gasteiger partial charge in [-0.1, -0.05) is 12.8 Å². The predicted molar refractivity (Wildman–Crippen MR) is 48.8 cm³/mol. The summed E-state index contributed by atoms with van der Waals surface area (Å²) in [6.45, 7) is 2.31. The SMILES string of the molecule is CNCCN(C)C1CCCC1. The van der Waals surface area contributed by atoms with Crippen molar-refractivity contribution in [2.45, 2.75) is 31.7 Å². The van der Waals surface area contributed by atoms with Gasteiger partial charge in [-0.15, -0.1) is 0 Å². The molecule has 1 saturated carbocycles. The highest BCUT2D eigenvalue weighted by Crippen LogP contribution is 2.21. The van der Waals surface area contributed by atoms with Crippen molar-refractivity contribution in [3.63, 3.8) is 0 Å². The van der Waals surface area contributed by atoms with Gasteiger partial charge in [0.2, 0.25) is 0 Å². The first-order valence-electron chi connectivity index (χ1n) is 4.69. The Kier molecular flexibility index (Phi) is 3.87. The van der Waals surface area contributed by atoms with Crippen LogP contribution in [0.15, 0.2) is 0 Å². The second kappa shape index (κ2) is 4.73. The highest BCUT2D eigenvalue weighted by atomic mass is 15.1. The first-order valence-corrected chi connectivity index (χ1v) is 4.69. The molecule has 0 aromatic heterocycles. The maximum Gasteiger partial charge on any atom is 0.0107 e. The molecule has 0 saturated heterocycles. The zero-order chi connectivity index (χ0) is 8.10. The summed E-state index contributed by atoms with van der Waals surface area (Å²) in [6.07, 6.45) is 5.71. The Bertz CT molecular complexity index is 97.7. The molecule has 0 radical (unpaired) electrons. The summed E-state index contributed by atoms with van der Waals surface area (Å²) in [5.41, 5.74) is 0. The van der Waals surface area contributed by atoms with Crippen LogP contribution in [0.5, 0.6) is 0 Å². The third kappa shape index (κ3) is 2.80. The van der Waals surface area contributed by atoms with Gasteiger partial charge in [0.05, 0.1) is 0 Å². The molecule has 11 heavy (non-hydrogen) atoms. The second-order valence-electron chi connectivity index (χ2n) is 3.52. The third-order valence-corrected chi connectivity index (χ3v) is 2.66. The monoisotopic (exact) mass is 156 g/mol. The maximum atomic E-state index is 3.18. The maximum absolute atomic E-state index is 3.18. The summed E-state index contributed by atoms with van der Waals surface area (Å²) < 4.78 is 0. The minimum Gasteiger partial charge on any atom is -0.318 e. The van der Waals surface area contributed by atoms with E-state index in [1.54, 1.807) is 0 Å². The Labute approximate surface area is 70.0 Å². The fraction of sp³-hybridized carbons (Fsp3) is 1.00. The van der Waals surface area contributed by atoms with Gasteiger partial charge in [0.1, 0.15) is 0 Å². The first-order chi connectivity index (χ1) is 5.34. The Morgan fingerprint density at radius 1 is 1.36 bits per heavy atom. The summed E-state index contributed by atoms with van der Waals surface area (Å²) in [6, 6.07) is 0.878. The van der Waals surface area contributed by atoms with Crippen molar-refractivity contribution >= 4 is 0 Å². The van der Waals surface area contributed by atoms with Crippen molar-refractivity contribution < 1.29 is 0 Å². The van der Waals surface area contributed by atoms with Crippen LogP contribution in [0.3, 0.4) is 0 Å². The van der Waals surface area contributed by atoms with E-state index in [1.807, 2.05) is 7.05 Å². The molecule has 1 N–H and O–H groups in total. The van der Waals surface area contributed by atoms with Crippen LogP contribution in [0.25, 0.3) is 0 Å². The molecule has 1 rings (SSSR count). The summed E-state index contributed by atoms with van der Waals surface area (Å²) in [5, 5.41) is 3.18. The standard InChI is InChI=1S/C9H20N2/c1-10-7-8-11(2)9-5-3-4-6-9/h9-10H,3-8H2,1-2H3. The van der Waals surface area contributed by atoms with Gasteiger partial charge in [-0.25, -0.2) is 0 Å². The van der Waals surface area contributed by atoms with E-state index in [2.05, 4.69) is 17.3 Å². The van der Waals surface area contributed by atoms with E-state index in [4.69, 9.17) is 0 Å². The van der Waals surface area contributed by atoms with Crippen LogP contribution < -0.4 is 5.32 Å². The first kappa shape index (κ1) is 9.01. The summed E-state index contributed by atoms with van der Waals surface area (Å²) >= 11 is 0. The van der Waals surface area contributed by atoms with Gasteiger partial charge in [0.15, 0.2) is 0 Å². The van der Waals surface area contributed by atoms with Crippen LogP contribution in [0.2, 0.25) is 0 Å². The Morgan fingerprint density at radius 3 is 2.55 bits per heavy atom. The Balaban J connectivity index is 2.12. The molecule has 1 aliphatic carbocycles. The van der Waals surface area contributed by atoms with Crippen molar-refractivity contribution in [2.75, 3.05) is 27.2 Å². The number of rotatable bonds is 4. The van der Waals surface area contributed by atoms with Crippen LogP contribution in [-0.4, -0.2) is 38.1 Å². The fourth-order valence-electron chi connectivity index (χ4n) is 1.82. The third-order valence-electron chi connectivity index (χ3n) is 2.66. The van der Waals surface area contributed by atoms with Gasteiger partial charge in [0.25, 0.3) is 0 Å². The lowest BCUT2D eigenvalue weighted by atomic mass is 10.2. The molecule has 0 unspecified atom stereocenters. The van der Waals surface area contributed by atoms with Crippen molar-refractivity contribution in [1.29, 1.82) is 0 Å². The zero-order valence-corrected chi connectivity index (χ0v) is 7.77. The molecular weight excluding hydrogens is 136 g/mol. The predicted octanol–water partition coefficient (Wildman–Crippen LogP) is 1.08. The highest BCUT2D eigenvalue weighted by Gasteiger charge is 2.18. The number of nitrogens with zero attached hydrogens (tertiary/aromatic N) is 1. The minimum atomic E-state index is 0.878. The van der Waals surface area contributed by atoms with Crippen molar-refractivity contribution in [3.05, 3.63) is 0 Å². The Hall–Kier alpha value is -0.0800. The minimum absolute atomic E-state index is 0.878. The van der Waals surface area contributed by atoms with E-state index in [-0.39, 0.29) is 0 Å². The molecule has 1 fully saturated rings. The molecular formula is C9H20N2. The van der Waals surface area contributed by atoms with Crippen LogP contribution in [-0.2, 0) is 0 Å². The molecule has 0 aromatic carbocycles. The molecule has 0 spiro atoms. The summed E-state index contributed by atoms with van der Waals surface area (Å²) in [5.74, 6) is 0. The van der Waals surface area contributed by atoms with Crippen LogP contribution >= 0.6 is 0 Å². The van der Waals surface area contributed by atoms with Gasteiger partial charge in [-0.3, -0.25) is 0 Å². The van der Waals surface area contributed by atoms with Gasteiger partial charge in [-0.05, 0) is 26.9 Å². The van der Waals surface area contributed by atoms with Crippen LogP contribution in [0.4, 0.5) is 0 Å². The van der Waals surface area contributed by atoms with Crippen LogP contribution in [0, 0.1) is 0 Å². The van der Waals surface area contributed by atoms with E-state index in [1.165, 1.54) is 32.2 Å². The normalized spacial score (nSPS) is 19.9. The topological polar surface area (TPSA) is 15.3 Å². The molecule has 0 heterocycles. The second-order valence-corrected chi connectivity index (χ2v) is 3.52. The fourth-order valence-corrected chi connectivity index (χ4v) is 1.82. The molecule has 2 nitrogen and oxygen atoms in total. The average Bonchev–Trinajstić information content (AvgIpc) is 2.52. The molecule has 1 aliphatic rings. The molecule has 0 atom stereocenters. The van der Waals surface area contributed by atoms with E-state index in [0.29, 0.717) is 0 Å². The van der Waals surface area contributed by atoms with E-state index >= 15 is 0 Å². The molecule has 0 aliphatic heterocycles. The lowest BCUT2D eigenvalue weighted by Crippen LogP contribution is -2.34. The summed E-state index contributed by atoms with van der Waals surface area (Å²) in [7, 11) is 4.26. The zero-order valence-electron chi connectivity index (χ0n) is 7.77. The Morgan fingerprint density at radius 2 is 2.00 bits per heavy atom.